The molecule has 2 aromatic heterocycles. The number of ether oxygens (including phenoxy) is 1. The van der Waals surface area contributed by atoms with Crippen molar-refractivity contribution in [2.24, 2.45) is 0 Å². The number of aryl methyl sites for hydroxylation is 1. The van der Waals surface area contributed by atoms with Gasteiger partial charge < -0.3 is 10.5 Å². The molecule has 1 saturated heterocycles. The first-order chi connectivity index (χ1) is 13.0. The lowest BCUT2D eigenvalue weighted by Gasteiger charge is -2.32. The first-order valence-corrected chi connectivity index (χ1v) is 8.60. The van der Waals surface area contributed by atoms with Gasteiger partial charge in [0, 0.05) is 25.7 Å². The Labute approximate surface area is 153 Å². The summed E-state index contributed by atoms with van der Waals surface area (Å²) in [5.74, 6) is -0.306. The molecule has 3 heterocycles. The Morgan fingerprint density at radius 1 is 1.22 bits per heavy atom. The van der Waals surface area contributed by atoms with E-state index >= 15 is 0 Å². The predicted molar refractivity (Wildman–Crippen MR) is 93.6 cm³/mol. The Morgan fingerprint density at radius 2 is 2.00 bits per heavy atom. The van der Waals surface area contributed by atoms with Crippen LogP contribution in [0.15, 0.2) is 18.2 Å². The maximum Gasteiger partial charge on any atom is 0.184 e. The highest BCUT2D eigenvalue weighted by Crippen LogP contribution is 2.17. The van der Waals surface area contributed by atoms with E-state index in [0.29, 0.717) is 61.2 Å². The van der Waals surface area contributed by atoms with Gasteiger partial charge in [-0.15, -0.1) is 5.10 Å². The normalized spacial score (nSPS) is 18.3. The molecule has 1 aliphatic heterocycles. The van der Waals surface area contributed by atoms with Gasteiger partial charge in [-0.1, -0.05) is 5.21 Å². The first kappa shape index (κ1) is 17.7. The average Bonchev–Trinajstić information content (AvgIpc) is 2.97. The molecule has 4 rings (SSSR count). The summed E-state index contributed by atoms with van der Waals surface area (Å²) in [5.41, 5.74) is 7.49. The summed E-state index contributed by atoms with van der Waals surface area (Å²) < 4.78 is 34.3. The van der Waals surface area contributed by atoms with Crippen molar-refractivity contribution in [1.82, 2.24) is 29.9 Å². The van der Waals surface area contributed by atoms with Crippen LogP contribution in [0.2, 0.25) is 0 Å². The third kappa shape index (κ3) is 3.86. The number of nitrogens with two attached hydrogens (primary N) is 1. The molecule has 1 fully saturated rings. The Hall–Kier alpha value is -2.72. The van der Waals surface area contributed by atoms with E-state index in [-0.39, 0.29) is 6.10 Å². The second-order valence-corrected chi connectivity index (χ2v) is 6.61. The molecule has 8 nitrogen and oxygen atoms in total. The number of fused-ring (bicyclic) bond motifs is 1. The van der Waals surface area contributed by atoms with Crippen LogP contribution < -0.4 is 5.73 Å². The topological polar surface area (TPSA) is 95.0 Å². The van der Waals surface area contributed by atoms with E-state index in [2.05, 4.69) is 25.2 Å². The molecular weight excluding hydrogens is 356 g/mol. The van der Waals surface area contributed by atoms with E-state index in [1.165, 1.54) is 12.1 Å². The molecular formula is C17H19F2N7O. The number of hydrogen-bond donors (Lipinski definition) is 1. The van der Waals surface area contributed by atoms with Crippen LogP contribution in [0, 0.1) is 18.6 Å². The van der Waals surface area contributed by atoms with Gasteiger partial charge in [-0.3, -0.25) is 4.90 Å². The molecule has 0 bridgehead atoms. The number of hydrogen-bond acceptors (Lipinski definition) is 7. The third-order valence-corrected chi connectivity index (χ3v) is 4.43. The van der Waals surface area contributed by atoms with Crippen molar-refractivity contribution in [2.75, 3.05) is 25.4 Å². The fraction of sp³-hybridized carbons (Fsp3) is 0.412. The quantitative estimate of drug-likeness (QED) is 0.734. The van der Waals surface area contributed by atoms with Crippen molar-refractivity contribution >= 4 is 17.0 Å². The number of benzene rings is 1. The van der Waals surface area contributed by atoms with Crippen molar-refractivity contribution in [2.45, 2.75) is 26.1 Å². The second-order valence-electron chi connectivity index (χ2n) is 6.61. The van der Waals surface area contributed by atoms with Crippen LogP contribution in [0.3, 0.4) is 0 Å². The fourth-order valence-corrected chi connectivity index (χ4v) is 3.30. The van der Waals surface area contributed by atoms with E-state index in [1.807, 2.05) is 0 Å². The van der Waals surface area contributed by atoms with Gasteiger partial charge in [0.1, 0.15) is 17.5 Å². The van der Waals surface area contributed by atoms with Crippen LogP contribution in [-0.2, 0) is 17.8 Å². The van der Waals surface area contributed by atoms with Gasteiger partial charge in [-0.05, 0) is 24.6 Å². The van der Waals surface area contributed by atoms with E-state index in [1.54, 1.807) is 11.6 Å². The number of rotatable bonds is 4. The summed E-state index contributed by atoms with van der Waals surface area (Å²) >= 11 is 0. The lowest BCUT2D eigenvalue weighted by molar-refractivity contribution is -0.0399. The molecule has 1 aliphatic rings. The maximum atomic E-state index is 13.4. The zero-order chi connectivity index (χ0) is 19.0. The lowest BCUT2D eigenvalue weighted by Crippen LogP contribution is -2.43. The SMILES string of the molecule is Cc1nc(N)c2nnn(CC3CN(Cc4cc(F)cc(F)c4)CCO3)c2n1. The van der Waals surface area contributed by atoms with Crippen molar-refractivity contribution in [1.29, 1.82) is 0 Å². The summed E-state index contributed by atoms with van der Waals surface area (Å²) in [4.78, 5) is 10.5. The second kappa shape index (κ2) is 7.12. The van der Waals surface area contributed by atoms with Gasteiger partial charge >= 0.3 is 0 Å². The molecule has 0 aliphatic carbocycles. The summed E-state index contributed by atoms with van der Waals surface area (Å²) in [6, 6.07) is 3.57. The van der Waals surface area contributed by atoms with Crippen LogP contribution in [0.5, 0.6) is 0 Å². The highest BCUT2D eigenvalue weighted by molar-refractivity contribution is 5.80. The number of nitrogens with zero attached hydrogens (tertiary/aromatic N) is 6. The van der Waals surface area contributed by atoms with Gasteiger partial charge in [-0.25, -0.2) is 23.4 Å². The molecule has 1 atom stereocenters. The first-order valence-electron chi connectivity index (χ1n) is 8.60. The summed E-state index contributed by atoms with van der Waals surface area (Å²) in [6.45, 7) is 4.44. The number of anilines is 1. The van der Waals surface area contributed by atoms with Crippen molar-refractivity contribution in [3.63, 3.8) is 0 Å². The number of nitrogen functional groups attached to an aromatic ring is 1. The Kier molecular flexibility index (Phi) is 4.66. The Bertz CT molecular complexity index is 957. The zero-order valence-corrected chi connectivity index (χ0v) is 14.8. The number of morpholine rings is 1. The van der Waals surface area contributed by atoms with Crippen LogP contribution in [-0.4, -0.2) is 55.7 Å². The van der Waals surface area contributed by atoms with Crippen LogP contribution >= 0.6 is 0 Å². The molecule has 10 heteroatoms. The molecule has 0 spiro atoms. The van der Waals surface area contributed by atoms with Gasteiger partial charge in [0.05, 0.1) is 19.3 Å². The standard InChI is InChI=1S/C17H19F2N7O/c1-10-21-16(20)15-17(22-10)26(24-23-15)9-14-8-25(2-3-27-14)7-11-4-12(18)6-13(19)5-11/h4-6,14H,2-3,7-9H2,1H3,(H2,20,21,22). The minimum Gasteiger partial charge on any atom is -0.382 e. The Balaban J connectivity index is 1.47. The third-order valence-electron chi connectivity index (χ3n) is 4.43. The molecule has 2 N–H and O–H groups in total. The number of halogens is 2. The summed E-state index contributed by atoms with van der Waals surface area (Å²) in [6.07, 6.45) is -0.154. The highest BCUT2D eigenvalue weighted by Gasteiger charge is 2.23. The molecule has 1 unspecified atom stereocenters. The van der Waals surface area contributed by atoms with E-state index in [4.69, 9.17) is 10.5 Å². The monoisotopic (exact) mass is 375 g/mol. The van der Waals surface area contributed by atoms with Crippen LogP contribution in [0.4, 0.5) is 14.6 Å². The average molecular weight is 375 g/mol. The lowest BCUT2D eigenvalue weighted by atomic mass is 10.1. The summed E-state index contributed by atoms with van der Waals surface area (Å²) in [5, 5.41) is 8.15. The highest BCUT2D eigenvalue weighted by atomic mass is 19.1. The fourth-order valence-electron chi connectivity index (χ4n) is 3.30. The Morgan fingerprint density at radius 3 is 2.78 bits per heavy atom. The van der Waals surface area contributed by atoms with Gasteiger partial charge in [-0.2, -0.15) is 0 Å². The van der Waals surface area contributed by atoms with Gasteiger partial charge in [0.25, 0.3) is 0 Å². The molecule has 0 radical (unpaired) electrons. The minimum atomic E-state index is -0.573. The van der Waals surface area contributed by atoms with Crippen molar-refractivity contribution in [3.05, 3.63) is 41.2 Å². The van der Waals surface area contributed by atoms with E-state index < -0.39 is 11.6 Å². The predicted octanol–water partition coefficient (Wildman–Crippen LogP) is 1.29. The largest absolute Gasteiger partial charge is 0.382 e. The maximum absolute atomic E-state index is 13.4. The van der Waals surface area contributed by atoms with Crippen molar-refractivity contribution < 1.29 is 13.5 Å². The zero-order valence-electron chi connectivity index (χ0n) is 14.8. The molecule has 0 saturated carbocycles. The number of aromatic nitrogens is 5. The van der Waals surface area contributed by atoms with E-state index in [9.17, 15) is 8.78 Å². The molecule has 0 amide bonds. The molecule has 3 aromatic rings. The smallest absolute Gasteiger partial charge is 0.184 e. The molecule has 27 heavy (non-hydrogen) atoms. The van der Waals surface area contributed by atoms with E-state index in [0.717, 1.165) is 6.07 Å². The van der Waals surface area contributed by atoms with Crippen LogP contribution in [0.25, 0.3) is 11.2 Å². The van der Waals surface area contributed by atoms with Gasteiger partial charge in [0.15, 0.2) is 17.0 Å². The minimum absolute atomic E-state index is 0.154. The van der Waals surface area contributed by atoms with Crippen molar-refractivity contribution in [3.8, 4) is 0 Å². The summed E-state index contributed by atoms with van der Waals surface area (Å²) in [7, 11) is 0. The molecule has 1 aromatic carbocycles. The van der Waals surface area contributed by atoms with Gasteiger partial charge in [0.2, 0.25) is 0 Å². The molecule has 142 valence electrons. The van der Waals surface area contributed by atoms with Crippen LogP contribution in [0.1, 0.15) is 11.4 Å².